The molecule has 14 atom stereocenters. The third-order valence-electron chi connectivity index (χ3n) is 17.5. The summed E-state index contributed by atoms with van der Waals surface area (Å²) >= 11 is 0. The highest BCUT2D eigenvalue weighted by Crippen LogP contribution is 2.24. The van der Waals surface area contributed by atoms with Crippen LogP contribution in [0.3, 0.4) is 0 Å². The number of para-hydroxylation sites is 1. The van der Waals surface area contributed by atoms with Gasteiger partial charge < -0.3 is 101 Å². The SMILES string of the molecule is C[C@@H](O)[C@@H]1NC(=O)[C@H](Cc2ccc(F)cc2)NC(=O)[C@@H](Cc2c[nH]c3ccccc23)NC(=O)[C@H](Cc2ccccc2)NC(=O)[C@H](Cc2ccccc2)NC(=O)[C@H](CC(N)=O)NC(=O)[C@H](CCCCN)NC(=O)[C@@H](N)CSSC[C@H](C(=O)O)NC(=O)[C@H](CO)NC(=O)[C@H]([C@@H](C)O)NC(=O)[C@H](Cc2ccccc2)NC1=O. The van der Waals surface area contributed by atoms with Crippen molar-refractivity contribution >= 4 is 109 Å². The average Bonchev–Trinajstić information content (AvgIpc) is 1.73. The van der Waals surface area contributed by atoms with Gasteiger partial charge in [0.1, 0.15) is 72.3 Å². The van der Waals surface area contributed by atoms with E-state index in [-0.39, 0.29) is 56.4 Å². The molecule has 584 valence electrons. The highest BCUT2D eigenvalue weighted by molar-refractivity contribution is 8.76. The number of nitrogens with two attached hydrogens (primary N) is 3. The predicted molar refractivity (Wildman–Crippen MR) is 401 cm³/mol. The fraction of sp³-hybridized carbons (Fsp3) is 0.392. The Bertz CT molecular complexity index is 4110. The Kier molecular flexibility index (Phi) is 33.4. The summed E-state index contributed by atoms with van der Waals surface area (Å²) in [5.74, 6) is -16.1. The molecule has 0 unspecified atom stereocenters. The topological polar surface area (TPSA) is 529 Å². The molecule has 1 aromatic heterocycles. The van der Waals surface area contributed by atoms with Crippen LogP contribution in [0.1, 0.15) is 67.3 Å². The van der Waals surface area contributed by atoms with Crippen LogP contribution < -0.4 is 75.7 Å². The number of benzene rings is 5. The van der Waals surface area contributed by atoms with Crippen molar-refractivity contribution in [3.63, 3.8) is 0 Å². The lowest BCUT2D eigenvalue weighted by atomic mass is 9.99. The number of carbonyl (C=O) groups excluding carboxylic acids is 12. The fourth-order valence-electron chi connectivity index (χ4n) is 11.6. The van der Waals surface area contributed by atoms with Gasteiger partial charge in [-0.2, -0.15) is 0 Å². The summed E-state index contributed by atoms with van der Waals surface area (Å²) < 4.78 is 14.5. The standard InChI is InChI=1S/C74H92FN15O17S2/c1-40(92)61-72(104)86-55(32-44-20-10-5-11-21-44)70(102)90-62(41(2)93)73(105)87-58(37-91)71(103)88-59(74(106)107)39-109-108-38-49(77)63(95)80-51(24-14-15-29-76)64(96)85-57(35-60(78)94)68(100)82-52(30-42-16-6-3-7-17-42)65(97)81-53(31-43-18-8-4-9-19-43)66(98)84-56(34-46-36-79-50-23-13-12-22-48(46)50)67(99)83-54(69(101)89-61)33-45-25-27-47(75)28-26-45/h3-13,16-23,25-28,36,40-41,49,51-59,61-62,79,91-93H,14-15,24,29-35,37-39,76-77H2,1-2H3,(H2,78,94)(H,80,95)(H,81,97)(H,82,100)(H,83,99)(H,84,98)(H,85,96)(H,86,104)(H,87,105)(H,88,103)(H,89,101)(H,90,102)(H,106,107)/t40-,41-,49+,51+,52+,53+,54+,55+,56-,57+,58+,59-,61+,62+/m1/s1. The van der Waals surface area contributed by atoms with E-state index in [1.165, 1.54) is 12.1 Å². The van der Waals surface area contributed by atoms with E-state index in [0.29, 0.717) is 39.6 Å². The molecule has 0 bridgehead atoms. The summed E-state index contributed by atoms with van der Waals surface area (Å²) in [6, 6.07) is 15.8. The minimum absolute atomic E-state index is 0.0861. The van der Waals surface area contributed by atoms with Gasteiger partial charge in [-0.3, -0.25) is 57.5 Å². The lowest BCUT2D eigenvalue weighted by Gasteiger charge is -2.29. The molecule has 5 aromatic carbocycles. The van der Waals surface area contributed by atoms with Crippen molar-refractivity contribution in [3.8, 4) is 0 Å². The number of aliphatic carboxylic acids is 1. The number of amides is 12. The maximum Gasteiger partial charge on any atom is 0.327 e. The Hall–Kier alpha value is -10.8. The Balaban J connectivity index is 1.31. The Morgan fingerprint density at radius 3 is 1.28 bits per heavy atom. The van der Waals surface area contributed by atoms with Gasteiger partial charge in [-0.05, 0) is 85.7 Å². The first-order chi connectivity index (χ1) is 52.1. The summed E-state index contributed by atoms with van der Waals surface area (Å²) in [4.78, 5) is 189. The van der Waals surface area contributed by atoms with E-state index >= 15 is 19.2 Å². The van der Waals surface area contributed by atoms with E-state index in [2.05, 4.69) is 63.5 Å². The van der Waals surface area contributed by atoms with Crippen molar-refractivity contribution < 1.29 is 87.1 Å². The number of primary amides is 1. The number of halogens is 1. The van der Waals surface area contributed by atoms with Crippen LogP contribution in [0.25, 0.3) is 10.9 Å². The van der Waals surface area contributed by atoms with Gasteiger partial charge in [0, 0.05) is 60.7 Å². The number of carboxylic acid groups (broad SMARTS) is 1. The number of hydrogen-bond acceptors (Lipinski definition) is 20. The van der Waals surface area contributed by atoms with Gasteiger partial charge in [0.15, 0.2) is 0 Å². The fourth-order valence-corrected chi connectivity index (χ4v) is 13.9. The van der Waals surface area contributed by atoms with Crippen molar-refractivity contribution in [2.45, 2.75) is 156 Å². The van der Waals surface area contributed by atoms with Gasteiger partial charge in [0.05, 0.1) is 31.3 Å². The number of nitrogens with one attached hydrogen (secondary N) is 12. The van der Waals surface area contributed by atoms with Gasteiger partial charge in [-0.1, -0.05) is 143 Å². The smallest absolute Gasteiger partial charge is 0.327 e. The molecular weight excluding hydrogens is 1450 g/mol. The van der Waals surface area contributed by atoms with E-state index in [1.807, 2.05) is 0 Å². The van der Waals surface area contributed by atoms with Gasteiger partial charge in [-0.25, -0.2) is 9.18 Å². The Morgan fingerprint density at radius 2 is 0.835 bits per heavy atom. The first-order valence-corrected chi connectivity index (χ1v) is 37.5. The minimum atomic E-state index is -1.97. The van der Waals surface area contributed by atoms with Gasteiger partial charge in [-0.15, -0.1) is 0 Å². The molecule has 35 heteroatoms. The molecule has 0 saturated carbocycles. The molecule has 1 aliphatic heterocycles. The summed E-state index contributed by atoms with van der Waals surface area (Å²) in [5.41, 5.74) is 20.5. The van der Waals surface area contributed by atoms with E-state index < -0.39 is 193 Å². The molecule has 2 heterocycles. The zero-order valence-corrected chi connectivity index (χ0v) is 61.3. The summed E-state index contributed by atoms with van der Waals surface area (Å²) in [6.07, 6.45) is -3.95. The molecule has 7 rings (SSSR count). The lowest BCUT2D eigenvalue weighted by molar-refractivity contribution is -0.142. The second kappa shape index (κ2) is 42.7. The molecule has 109 heavy (non-hydrogen) atoms. The number of aromatic nitrogens is 1. The third-order valence-corrected chi connectivity index (χ3v) is 20.0. The predicted octanol–water partition coefficient (Wildman–Crippen LogP) is -2.28. The maximum atomic E-state index is 15.4. The monoisotopic (exact) mass is 1550 g/mol. The zero-order chi connectivity index (χ0) is 79.3. The molecule has 12 amide bonds. The quantitative estimate of drug-likeness (QED) is 0.0283. The lowest BCUT2D eigenvalue weighted by Crippen LogP contribution is -2.63. The van der Waals surface area contributed by atoms with E-state index in [0.717, 1.165) is 47.6 Å². The summed E-state index contributed by atoms with van der Waals surface area (Å²) in [7, 11) is 1.71. The van der Waals surface area contributed by atoms with Crippen LogP contribution in [0.15, 0.2) is 146 Å². The molecule has 6 aromatic rings. The molecule has 0 spiro atoms. The minimum Gasteiger partial charge on any atom is -0.480 e. The van der Waals surface area contributed by atoms with E-state index in [9.17, 15) is 68.0 Å². The Morgan fingerprint density at radius 1 is 0.459 bits per heavy atom. The van der Waals surface area contributed by atoms with Gasteiger partial charge in [0.2, 0.25) is 70.9 Å². The second-order valence-electron chi connectivity index (χ2n) is 26.1. The first kappa shape index (κ1) is 85.4. The summed E-state index contributed by atoms with van der Waals surface area (Å²) in [6.45, 7) is 1.23. The van der Waals surface area contributed by atoms with Crippen LogP contribution >= 0.6 is 21.6 Å². The number of carbonyl (C=O) groups is 13. The molecule has 22 N–H and O–H groups in total. The highest BCUT2D eigenvalue weighted by atomic mass is 33.1. The number of aliphatic hydroxyl groups is 3. The summed E-state index contributed by atoms with van der Waals surface area (Å²) in [5, 5.41) is 71.0. The van der Waals surface area contributed by atoms with Gasteiger partial charge in [0.25, 0.3) is 0 Å². The van der Waals surface area contributed by atoms with Crippen LogP contribution in [0, 0.1) is 5.82 Å². The molecule has 0 radical (unpaired) electrons. The van der Waals surface area contributed by atoms with Gasteiger partial charge >= 0.3 is 5.97 Å². The first-order valence-electron chi connectivity index (χ1n) is 35.0. The van der Waals surface area contributed by atoms with Crippen molar-refractivity contribution in [2.75, 3.05) is 24.7 Å². The number of hydrogen-bond donors (Lipinski definition) is 19. The van der Waals surface area contributed by atoms with Crippen LogP contribution in [0.2, 0.25) is 0 Å². The largest absolute Gasteiger partial charge is 0.480 e. The van der Waals surface area contributed by atoms with Crippen molar-refractivity contribution in [1.82, 2.24) is 63.5 Å². The molecule has 1 saturated heterocycles. The number of unbranched alkanes of at least 4 members (excludes halogenated alkanes) is 1. The number of H-pyrrole nitrogens is 1. The molecule has 1 fully saturated rings. The van der Waals surface area contributed by atoms with E-state index in [4.69, 9.17) is 17.2 Å². The number of fused-ring (bicyclic) bond motifs is 1. The Labute approximate surface area is 634 Å². The van der Waals surface area contributed by atoms with Crippen LogP contribution in [-0.4, -0.2) is 212 Å². The number of aromatic amines is 1. The maximum absolute atomic E-state index is 15.4. The second-order valence-corrected chi connectivity index (χ2v) is 28.7. The number of aliphatic hydroxyl groups excluding tert-OH is 3. The van der Waals surface area contributed by atoms with E-state index in [1.54, 1.807) is 121 Å². The highest BCUT2D eigenvalue weighted by Gasteiger charge is 2.39. The van der Waals surface area contributed by atoms with Crippen LogP contribution in [0.4, 0.5) is 4.39 Å². The van der Waals surface area contributed by atoms with Crippen molar-refractivity contribution in [3.05, 3.63) is 179 Å². The van der Waals surface area contributed by atoms with Crippen molar-refractivity contribution in [2.24, 2.45) is 17.2 Å². The third kappa shape index (κ3) is 26.8. The molecule has 32 nitrogen and oxygen atoms in total. The average molecular weight is 1550 g/mol. The van der Waals surface area contributed by atoms with Crippen LogP contribution in [-0.2, 0) is 94.4 Å². The number of carboxylic acids is 1. The molecule has 1 aliphatic rings. The van der Waals surface area contributed by atoms with Crippen molar-refractivity contribution in [1.29, 1.82) is 0 Å². The zero-order valence-electron chi connectivity index (χ0n) is 59.7. The van der Waals surface area contributed by atoms with Crippen LogP contribution in [0.5, 0.6) is 0 Å². The molecule has 0 aliphatic carbocycles. The number of rotatable bonds is 20. The molecular formula is C74H92FN15O17S2. The normalized spacial score (nSPS) is 24.2.